The lowest BCUT2D eigenvalue weighted by molar-refractivity contribution is 0.0950. The summed E-state index contributed by atoms with van der Waals surface area (Å²) in [5.74, 6) is 0.749. The van der Waals surface area contributed by atoms with Crippen molar-refractivity contribution in [2.24, 2.45) is 0 Å². The highest BCUT2D eigenvalue weighted by atomic mass is 35.5. The van der Waals surface area contributed by atoms with Crippen molar-refractivity contribution < 1.29 is 9.53 Å². The Kier molecular flexibility index (Phi) is 4.66. The molecule has 1 aliphatic carbocycles. The monoisotopic (exact) mass is 380 g/mol. The first-order valence-corrected chi connectivity index (χ1v) is 9.38. The summed E-state index contributed by atoms with van der Waals surface area (Å²) in [5, 5.41) is 3.77. The molecule has 3 aromatic rings. The molecule has 27 heavy (non-hydrogen) atoms. The van der Waals surface area contributed by atoms with Gasteiger partial charge in [-0.1, -0.05) is 29.8 Å². The third kappa shape index (κ3) is 3.58. The zero-order valence-electron chi connectivity index (χ0n) is 15.3. The lowest BCUT2D eigenvalue weighted by atomic mass is 10.1. The number of aromatic nitrogens is 1. The first kappa shape index (κ1) is 17.7. The summed E-state index contributed by atoms with van der Waals surface area (Å²) in [7, 11) is 1.65. The van der Waals surface area contributed by atoms with E-state index >= 15 is 0 Å². The van der Waals surface area contributed by atoms with Crippen molar-refractivity contribution in [1.82, 2.24) is 9.88 Å². The summed E-state index contributed by atoms with van der Waals surface area (Å²) in [6.07, 6.45) is 2.12. The molecular formula is C22H21ClN2O2. The number of carbonyl (C=O) groups is 1. The van der Waals surface area contributed by atoms with Crippen LogP contribution in [0.15, 0.2) is 54.6 Å². The summed E-state index contributed by atoms with van der Waals surface area (Å²) in [6.45, 7) is 1.97. The van der Waals surface area contributed by atoms with Gasteiger partial charge in [-0.3, -0.25) is 4.79 Å². The first-order chi connectivity index (χ1) is 13.1. The van der Waals surface area contributed by atoms with Gasteiger partial charge in [0.15, 0.2) is 0 Å². The molecule has 1 N–H and O–H groups in total. The summed E-state index contributed by atoms with van der Waals surface area (Å²) in [4.78, 5) is 12.8. The minimum Gasteiger partial charge on any atom is -0.497 e. The molecule has 4 nitrogen and oxygen atoms in total. The van der Waals surface area contributed by atoms with Crippen LogP contribution >= 0.6 is 11.6 Å². The van der Waals surface area contributed by atoms with Crippen molar-refractivity contribution in [2.45, 2.75) is 25.8 Å². The Balaban J connectivity index is 1.86. The lowest BCUT2D eigenvalue weighted by Crippen LogP contribution is -2.25. The second-order valence-electron chi connectivity index (χ2n) is 6.82. The van der Waals surface area contributed by atoms with Gasteiger partial charge in [-0.25, -0.2) is 0 Å². The maximum Gasteiger partial charge on any atom is 0.253 e. The molecule has 1 amide bonds. The van der Waals surface area contributed by atoms with E-state index in [1.54, 1.807) is 7.11 Å². The maximum absolute atomic E-state index is 12.8. The van der Waals surface area contributed by atoms with E-state index in [-0.39, 0.29) is 5.91 Å². The van der Waals surface area contributed by atoms with E-state index in [0.717, 1.165) is 41.2 Å². The molecule has 1 aliphatic rings. The Bertz CT molecular complexity index is 988. The third-order valence-corrected chi connectivity index (χ3v) is 5.11. The largest absolute Gasteiger partial charge is 0.497 e. The average molecular weight is 381 g/mol. The van der Waals surface area contributed by atoms with Crippen LogP contribution in [0.1, 0.15) is 28.9 Å². The summed E-state index contributed by atoms with van der Waals surface area (Å²) >= 11 is 6.06. The Morgan fingerprint density at radius 3 is 2.56 bits per heavy atom. The molecule has 0 spiro atoms. The Morgan fingerprint density at radius 2 is 1.89 bits per heavy atom. The number of hydrogen-bond acceptors (Lipinski definition) is 2. The topological polar surface area (TPSA) is 43.3 Å². The van der Waals surface area contributed by atoms with Crippen molar-refractivity contribution in [3.05, 3.63) is 70.9 Å². The predicted molar refractivity (Wildman–Crippen MR) is 108 cm³/mol. The van der Waals surface area contributed by atoms with Crippen molar-refractivity contribution >= 4 is 17.5 Å². The van der Waals surface area contributed by atoms with Crippen molar-refractivity contribution in [2.75, 3.05) is 7.11 Å². The number of methoxy groups -OCH3 is 1. The highest BCUT2D eigenvalue weighted by molar-refractivity contribution is 6.30. The second kappa shape index (κ2) is 7.12. The van der Waals surface area contributed by atoms with E-state index < -0.39 is 0 Å². The van der Waals surface area contributed by atoms with Crippen LogP contribution in [-0.4, -0.2) is 23.6 Å². The number of halogens is 1. The van der Waals surface area contributed by atoms with E-state index in [1.165, 1.54) is 0 Å². The standard InChI is InChI=1S/C22H21ClN2O2/c1-14-20(22(26)24-17-10-11-17)13-21(15-6-8-16(23)9-7-15)25(14)18-4-3-5-19(12-18)27-2/h3-9,12-13,17H,10-11H2,1-2H3,(H,24,26). The molecule has 1 saturated carbocycles. The molecule has 0 aliphatic heterocycles. The van der Waals surface area contributed by atoms with E-state index in [4.69, 9.17) is 16.3 Å². The molecule has 5 heteroatoms. The van der Waals surface area contributed by atoms with Crippen LogP contribution in [0.4, 0.5) is 0 Å². The fourth-order valence-electron chi connectivity index (χ4n) is 3.24. The second-order valence-corrected chi connectivity index (χ2v) is 7.26. The molecule has 4 rings (SSSR count). The molecule has 0 atom stereocenters. The molecule has 1 fully saturated rings. The van der Waals surface area contributed by atoms with Crippen LogP contribution in [0.2, 0.25) is 5.02 Å². The van der Waals surface area contributed by atoms with Gasteiger partial charge in [-0.2, -0.15) is 0 Å². The van der Waals surface area contributed by atoms with Crippen LogP contribution in [0.5, 0.6) is 5.75 Å². The Labute approximate surface area is 163 Å². The number of carbonyl (C=O) groups excluding carboxylic acids is 1. The van der Waals surface area contributed by atoms with Gasteiger partial charge in [0.05, 0.1) is 18.4 Å². The fourth-order valence-corrected chi connectivity index (χ4v) is 3.37. The van der Waals surface area contributed by atoms with Gasteiger partial charge in [-0.15, -0.1) is 0 Å². The summed E-state index contributed by atoms with van der Waals surface area (Å²) in [6, 6.07) is 17.8. The minimum atomic E-state index is -0.0214. The van der Waals surface area contributed by atoms with E-state index in [9.17, 15) is 4.79 Å². The van der Waals surface area contributed by atoms with Gasteiger partial charge in [0.25, 0.3) is 5.91 Å². The Hall–Kier alpha value is -2.72. The maximum atomic E-state index is 12.8. The molecule has 0 unspecified atom stereocenters. The highest BCUT2D eigenvalue weighted by Gasteiger charge is 2.26. The van der Waals surface area contributed by atoms with E-state index in [1.807, 2.05) is 61.5 Å². The highest BCUT2D eigenvalue weighted by Crippen LogP contribution is 2.32. The number of ether oxygens (including phenoxy) is 1. The fraction of sp³-hybridized carbons (Fsp3) is 0.227. The van der Waals surface area contributed by atoms with Crippen molar-refractivity contribution in [1.29, 1.82) is 0 Å². The number of amides is 1. The van der Waals surface area contributed by atoms with Gasteiger partial charge in [-0.05, 0) is 55.7 Å². The van der Waals surface area contributed by atoms with Gasteiger partial charge >= 0.3 is 0 Å². The van der Waals surface area contributed by atoms with Gasteiger partial charge in [0.2, 0.25) is 0 Å². The van der Waals surface area contributed by atoms with E-state index in [2.05, 4.69) is 9.88 Å². The SMILES string of the molecule is COc1cccc(-n2c(-c3ccc(Cl)cc3)cc(C(=O)NC3CC3)c2C)c1. The van der Waals surface area contributed by atoms with Gasteiger partial charge < -0.3 is 14.6 Å². The number of nitrogens with one attached hydrogen (secondary N) is 1. The number of hydrogen-bond donors (Lipinski definition) is 1. The van der Waals surface area contributed by atoms with Crippen molar-refractivity contribution in [3.63, 3.8) is 0 Å². The lowest BCUT2D eigenvalue weighted by Gasteiger charge is -2.13. The number of rotatable bonds is 5. The molecule has 0 saturated heterocycles. The smallest absolute Gasteiger partial charge is 0.253 e. The number of nitrogens with zero attached hydrogens (tertiary/aromatic N) is 1. The van der Waals surface area contributed by atoms with Gasteiger partial charge in [0, 0.05) is 28.5 Å². The van der Waals surface area contributed by atoms with Crippen LogP contribution in [0, 0.1) is 6.92 Å². The zero-order chi connectivity index (χ0) is 19.0. The molecule has 138 valence electrons. The molecule has 1 heterocycles. The van der Waals surface area contributed by atoms with Gasteiger partial charge in [0.1, 0.15) is 5.75 Å². The van der Waals surface area contributed by atoms with Crippen LogP contribution in [-0.2, 0) is 0 Å². The van der Waals surface area contributed by atoms with Crippen LogP contribution in [0.25, 0.3) is 16.9 Å². The zero-order valence-corrected chi connectivity index (χ0v) is 16.1. The molecule has 0 bridgehead atoms. The minimum absolute atomic E-state index is 0.0214. The first-order valence-electron chi connectivity index (χ1n) is 9.00. The predicted octanol–water partition coefficient (Wildman–Crippen LogP) is 5.01. The van der Waals surface area contributed by atoms with Crippen LogP contribution < -0.4 is 10.1 Å². The van der Waals surface area contributed by atoms with Crippen molar-refractivity contribution in [3.8, 4) is 22.7 Å². The summed E-state index contributed by atoms with van der Waals surface area (Å²) in [5.41, 5.74) is 4.47. The molecule has 2 aromatic carbocycles. The molecular weight excluding hydrogens is 360 g/mol. The average Bonchev–Trinajstić information content (AvgIpc) is 3.42. The Morgan fingerprint density at radius 1 is 1.15 bits per heavy atom. The third-order valence-electron chi connectivity index (χ3n) is 4.86. The summed E-state index contributed by atoms with van der Waals surface area (Å²) < 4.78 is 7.47. The quantitative estimate of drug-likeness (QED) is 0.676. The van der Waals surface area contributed by atoms with Crippen LogP contribution in [0.3, 0.4) is 0 Å². The normalized spacial score (nSPS) is 13.4. The molecule has 1 aromatic heterocycles. The van der Waals surface area contributed by atoms with E-state index in [0.29, 0.717) is 16.6 Å². The number of benzene rings is 2. The molecule has 0 radical (unpaired) electrons.